The molecule has 0 bridgehead atoms. The highest BCUT2D eigenvalue weighted by molar-refractivity contribution is 4.86. The molecule has 0 spiro atoms. The average molecular weight is 299 g/mol. The Hall–Kier alpha value is -0.120. The van der Waals surface area contributed by atoms with Gasteiger partial charge in [-0.1, -0.05) is 77.6 Å². The van der Waals surface area contributed by atoms with Crippen LogP contribution < -0.4 is 11.1 Å². The first kappa shape index (κ1) is 18.9. The van der Waals surface area contributed by atoms with Gasteiger partial charge in [0.2, 0.25) is 0 Å². The van der Waals surface area contributed by atoms with E-state index in [2.05, 4.69) is 12.2 Å². The van der Waals surface area contributed by atoms with E-state index in [4.69, 9.17) is 5.73 Å². The van der Waals surface area contributed by atoms with Gasteiger partial charge in [-0.2, -0.15) is 0 Å². The highest BCUT2D eigenvalue weighted by Gasteiger charge is 2.25. The zero-order valence-corrected chi connectivity index (χ0v) is 14.2. The molecule has 0 unspecified atom stereocenters. The molecule has 1 saturated heterocycles. The summed E-state index contributed by atoms with van der Waals surface area (Å²) in [4.78, 5) is 0. The Morgan fingerprint density at radius 3 is 1.95 bits per heavy atom. The Bertz CT molecular complexity index is 235. The molecule has 21 heavy (non-hydrogen) atoms. The van der Waals surface area contributed by atoms with Crippen molar-refractivity contribution < 1.29 is 5.11 Å². The van der Waals surface area contributed by atoms with Gasteiger partial charge < -0.3 is 16.2 Å². The van der Waals surface area contributed by atoms with Crippen molar-refractivity contribution in [2.45, 2.75) is 109 Å². The van der Waals surface area contributed by atoms with E-state index in [1.54, 1.807) is 0 Å². The van der Waals surface area contributed by atoms with Gasteiger partial charge >= 0.3 is 0 Å². The van der Waals surface area contributed by atoms with Crippen molar-refractivity contribution in [3.8, 4) is 0 Å². The summed E-state index contributed by atoms with van der Waals surface area (Å²) in [5, 5.41) is 13.2. The van der Waals surface area contributed by atoms with E-state index in [0.29, 0.717) is 6.04 Å². The summed E-state index contributed by atoms with van der Waals surface area (Å²) >= 11 is 0. The van der Waals surface area contributed by atoms with Crippen LogP contribution in [0.3, 0.4) is 0 Å². The molecule has 0 aliphatic carbocycles. The molecule has 3 heteroatoms. The van der Waals surface area contributed by atoms with Crippen LogP contribution in [0.4, 0.5) is 0 Å². The van der Waals surface area contributed by atoms with Crippen LogP contribution >= 0.6 is 0 Å². The first-order valence-corrected chi connectivity index (χ1v) is 9.41. The van der Waals surface area contributed by atoms with E-state index in [9.17, 15) is 5.11 Å². The molecule has 0 aromatic carbocycles. The third kappa shape index (κ3) is 9.49. The second-order valence-corrected chi connectivity index (χ2v) is 6.90. The number of piperidine rings is 1. The molecule has 1 fully saturated rings. The lowest BCUT2D eigenvalue weighted by atomic mass is 9.94. The first-order valence-electron chi connectivity index (χ1n) is 9.41. The fraction of sp³-hybridized carbons (Fsp3) is 1.00. The van der Waals surface area contributed by atoms with Gasteiger partial charge in [0.05, 0.1) is 6.10 Å². The van der Waals surface area contributed by atoms with E-state index in [-0.39, 0.29) is 12.1 Å². The van der Waals surface area contributed by atoms with Crippen LogP contribution in [0.15, 0.2) is 0 Å². The third-order valence-electron chi connectivity index (χ3n) is 4.82. The second-order valence-electron chi connectivity index (χ2n) is 6.90. The Balaban J connectivity index is 1.80. The van der Waals surface area contributed by atoms with E-state index in [1.165, 1.54) is 77.0 Å². The summed E-state index contributed by atoms with van der Waals surface area (Å²) < 4.78 is 0. The number of nitrogens with two attached hydrogens (primary N) is 1. The smallest absolute Gasteiger partial charge is 0.0718 e. The predicted molar refractivity (Wildman–Crippen MR) is 91.5 cm³/mol. The monoisotopic (exact) mass is 298 g/mol. The molecule has 0 aromatic rings. The lowest BCUT2D eigenvalue weighted by Gasteiger charge is -2.32. The van der Waals surface area contributed by atoms with Gasteiger partial charge in [0.15, 0.2) is 0 Å². The van der Waals surface area contributed by atoms with E-state index in [0.717, 1.165) is 13.0 Å². The third-order valence-corrected chi connectivity index (χ3v) is 4.82. The van der Waals surface area contributed by atoms with Crippen LogP contribution in [0.25, 0.3) is 0 Å². The Labute approximate surface area is 132 Å². The van der Waals surface area contributed by atoms with Crippen molar-refractivity contribution in [2.75, 3.05) is 6.54 Å². The number of nitrogens with one attached hydrogen (secondary N) is 1. The molecular formula is C18H38N2O. The molecular weight excluding hydrogens is 260 g/mol. The van der Waals surface area contributed by atoms with Gasteiger partial charge in [-0.3, -0.25) is 0 Å². The molecule has 1 aliphatic heterocycles. The summed E-state index contributed by atoms with van der Waals surface area (Å²) in [7, 11) is 0. The summed E-state index contributed by atoms with van der Waals surface area (Å²) in [6.45, 7) is 3.04. The number of aliphatic hydroxyl groups excluding tert-OH is 1. The molecule has 126 valence electrons. The Morgan fingerprint density at radius 2 is 1.43 bits per heavy atom. The molecule has 1 aliphatic rings. The minimum atomic E-state index is -0.302. The topological polar surface area (TPSA) is 58.3 Å². The zero-order valence-electron chi connectivity index (χ0n) is 14.2. The van der Waals surface area contributed by atoms with Crippen molar-refractivity contribution in [1.29, 1.82) is 0 Å². The lowest BCUT2D eigenvalue weighted by Crippen LogP contribution is -2.53. The van der Waals surface area contributed by atoms with Crippen LogP contribution in [0.5, 0.6) is 0 Å². The second kappa shape index (κ2) is 12.4. The maximum absolute atomic E-state index is 9.76. The minimum Gasteiger partial charge on any atom is -0.391 e. The van der Waals surface area contributed by atoms with Crippen LogP contribution in [0, 0.1) is 0 Å². The Morgan fingerprint density at radius 1 is 0.905 bits per heavy atom. The quantitative estimate of drug-likeness (QED) is 0.481. The molecule has 3 nitrogen and oxygen atoms in total. The van der Waals surface area contributed by atoms with Crippen LogP contribution in [0.2, 0.25) is 0 Å². The fourth-order valence-corrected chi connectivity index (χ4v) is 3.26. The zero-order chi connectivity index (χ0) is 15.3. The standard InChI is InChI=1S/C18H38N2O/c1-2-3-4-5-6-7-8-9-10-11-12-13-16-14-18(21)17(19)15-20-16/h16-18,20-21H,2-15,19H2,1H3/t16-,17-,18+/m0/s1. The van der Waals surface area contributed by atoms with Crippen LogP contribution in [0.1, 0.15) is 90.4 Å². The summed E-state index contributed by atoms with van der Waals surface area (Å²) in [5.74, 6) is 0. The summed E-state index contributed by atoms with van der Waals surface area (Å²) in [6, 6.07) is 0.414. The maximum Gasteiger partial charge on any atom is 0.0718 e. The largest absolute Gasteiger partial charge is 0.391 e. The number of unbranched alkanes of at least 4 members (excludes halogenated alkanes) is 10. The first-order chi connectivity index (χ1) is 10.2. The fourth-order valence-electron chi connectivity index (χ4n) is 3.26. The van der Waals surface area contributed by atoms with Gasteiger partial charge in [0.25, 0.3) is 0 Å². The highest BCUT2D eigenvalue weighted by Crippen LogP contribution is 2.16. The number of hydrogen-bond acceptors (Lipinski definition) is 3. The van der Waals surface area contributed by atoms with E-state index >= 15 is 0 Å². The summed E-state index contributed by atoms with van der Waals surface area (Å²) in [5.41, 5.74) is 5.79. The molecule has 0 aromatic heterocycles. The van der Waals surface area contributed by atoms with Crippen molar-refractivity contribution in [2.24, 2.45) is 5.73 Å². The molecule has 0 saturated carbocycles. The van der Waals surface area contributed by atoms with Gasteiger partial charge in [-0.05, 0) is 12.8 Å². The summed E-state index contributed by atoms with van der Waals surface area (Å²) in [6.07, 6.45) is 17.0. The van der Waals surface area contributed by atoms with Crippen molar-refractivity contribution in [3.63, 3.8) is 0 Å². The van der Waals surface area contributed by atoms with Gasteiger partial charge in [-0.25, -0.2) is 0 Å². The van der Waals surface area contributed by atoms with E-state index in [1.807, 2.05) is 0 Å². The molecule has 4 N–H and O–H groups in total. The minimum absolute atomic E-state index is 0.0708. The van der Waals surface area contributed by atoms with Gasteiger partial charge in [0, 0.05) is 18.6 Å². The lowest BCUT2D eigenvalue weighted by molar-refractivity contribution is 0.0936. The van der Waals surface area contributed by atoms with Gasteiger partial charge in [-0.15, -0.1) is 0 Å². The van der Waals surface area contributed by atoms with Crippen molar-refractivity contribution in [1.82, 2.24) is 5.32 Å². The predicted octanol–water partition coefficient (Wildman–Crippen LogP) is 3.74. The number of rotatable bonds is 12. The van der Waals surface area contributed by atoms with Crippen LogP contribution in [-0.4, -0.2) is 29.8 Å². The highest BCUT2D eigenvalue weighted by atomic mass is 16.3. The van der Waals surface area contributed by atoms with Crippen LogP contribution in [-0.2, 0) is 0 Å². The molecule has 1 rings (SSSR count). The number of aliphatic hydroxyl groups is 1. The Kier molecular flexibility index (Phi) is 11.2. The van der Waals surface area contributed by atoms with Crippen molar-refractivity contribution in [3.05, 3.63) is 0 Å². The molecule has 0 radical (unpaired) electrons. The SMILES string of the molecule is CCCCCCCCCCCCC[C@H]1C[C@@H](O)[C@@H](N)CN1. The number of hydrogen-bond donors (Lipinski definition) is 3. The average Bonchev–Trinajstić information content (AvgIpc) is 2.48. The molecule has 1 heterocycles. The normalized spacial score (nSPS) is 26.1. The molecule has 0 amide bonds. The van der Waals surface area contributed by atoms with Gasteiger partial charge in [0.1, 0.15) is 0 Å². The van der Waals surface area contributed by atoms with E-state index < -0.39 is 0 Å². The van der Waals surface area contributed by atoms with Crippen molar-refractivity contribution >= 4 is 0 Å². The maximum atomic E-state index is 9.76. The molecule has 3 atom stereocenters.